The molecule has 0 spiro atoms. The first-order valence-corrected chi connectivity index (χ1v) is 11.8. The highest BCUT2D eigenvalue weighted by Crippen LogP contribution is 2.38. The number of amides is 3. The Labute approximate surface area is 187 Å². The number of hydrogen-bond donors (Lipinski definition) is 1. The number of carbonyl (C=O) groups is 3. The SMILES string of the molecule is O=C(CCN1C(=O)[C@H]2CCCC[C@H]2C1=O)Nc1ccc(-c2nnc3n2CCCCC3)cc1. The second kappa shape index (κ2) is 8.84. The summed E-state index contributed by atoms with van der Waals surface area (Å²) in [5.74, 6) is 1.18. The number of imide groups is 1. The number of carbonyl (C=O) groups excluding carboxylic acids is 3. The summed E-state index contributed by atoms with van der Waals surface area (Å²) in [4.78, 5) is 38.9. The zero-order valence-corrected chi connectivity index (χ0v) is 18.3. The van der Waals surface area contributed by atoms with Crippen LogP contribution in [0.1, 0.15) is 57.2 Å². The Morgan fingerprint density at radius 3 is 2.38 bits per heavy atom. The maximum absolute atomic E-state index is 12.6. The average Bonchev–Trinajstić information content (AvgIpc) is 3.21. The molecule has 0 radical (unpaired) electrons. The lowest BCUT2D eigenvalue weighted by Gasteiger charge is -2.19. The quantitative estimate of drug-likeness (QED) is 0.728. The van der Waals surface area contributed by atoms with E-state index in [1.54, 1.807) is 0 Å². The van der Waals surface area contributed by atoms with Gasteiger partial charge in [-0.3, -0.25) is 19.3 Å². The molecule has 1 saturated carbocycles. The maximum Gasteiger partial charge on any atom is 0.233 e. The molecule has 1 saturated heterocycles. The highest BCUT2D eigenvalue weighted by molar-refractivity contribution is 6.05. The Balaban J connectivity index is 1.18. The molecule has 1 aromatic heterocycles. The van der Waals surface area contributed by atoms with E-state index in [0.717, 1.165) is 68.7 Å². The van der Waals surface area contributed by atoms with Gasteiger partial charge in [0.1, 0.15) is 5.82 Å². The van der Waals surface area contributed by atoms with E-state index in [1.165, 1.54) is 11.3 Å². The molecule has 2 atom stereocenters. The average molecular weight is 436 g/mol. The van der Waals surface area contributed by atoms with E-state index in [2.05, 4.69) is 20.1 Å². The van der Waals surface area contributed by atoms with E-state index in [0.29, 0.717) is 5.69 Å². The molecule has 8 nitrogen and oxygen atoms in total. The lowest BCUT2D eigenvalue weighted by molar-refractivity contribution is -0.140. The molecule has 0 unspecified atom stereocenters. The summed E-state index contributed by atoms with van der Waals surface area (Å²) in [6.45, 7) is 1.09. The van der Waals surface area contributed by atoms with Crippen molar-refractivity contribution in [3.05, 3.63) is 30.1 Å². The second-order valence-corrected chi connectivity index (χ2v) is 9.10. The molecule has 1 aliphatic carbocycles. The van der Waals surface area contributed by atoms with Gasteiger partial charge in [0.2, 0.25) is 17.7 Å². The molecule has 3 aliphatic rings. The highest BCUT2D eigenvalue weighted by Gasteiger charge is 2.47. The third-order valence-corrected chi connectivity index (χ3v) is 7.03. The van der Waals surface area contributed by atoms with Crippen molar-refractivity contribution in [1.29, 1.82) is 0 Å². The molecule has 1 aromatic carbocycles. The number of likely N-dealkylation sites (tertiary alicyclic amines) is 1. The normalized spacial score (nSPS) is 22.9. The second-order valence-electron chi connectivity index (χ2n) is 9.10. The third-order valence-electron chi connectivity index (χ3n) is 7.03. The molecule has 1 N–H and O–H groups in total. The van der Waals surface area contributed by atoms with Gasteiger partial charge < -0.3 is 9.88 Å². The van der Waals surface area contributed by atoms with E-state index in [9.17, 15) is 14.4 Å². The molecule has 0 bridgehead atoms. The summed E-state index contributed by atoms with van der Waals surface area (Å²) in [5.41, 5.74) is 1.65. The predicted molar refractivity (Wildman–Crippen MR) is 118 cm³/mol. The van der Waals surface area contributed by atoms with E-state index in [4.69, 9.17) is 0 Å². The Hall–Kier alpha value is -3.03. The fourth-order valence-electron chi connectivity index (χ4n) is 5.29. The number of anilines is 1. The summed E-state index contributed by atoms with van der Waals surface area (Å²) in [6, 6.07) is 7.59. The molecule has 8 heteroatoms. The minimum atomic E-state index is -0.204. The maximum atomic E-state index is 12.6. The summed E-state index contributed by atoms with van der Waals surface area (Å²) in [7, 11) is 0. The summed E-state index contributed by atoms with van der Waals surface area (Å²) < 4.78 is 2.20. The molecule has 2 aliphatic heterocycles. The molecule has 3 heterocycles. The lowest BCUT2D eigenvalue weighted by atomic mass is 9.81. The molecule has 168 valence electrons. The van der Waals surface area contributed by atoms with Gasteiger partial charge in [-0.15, -0.1) is 10.2 Å². The van der Waals surface area contributed by atoms with Gasteiger partial charge in [-0.25, -0.2) is 0 Å². The van der Waals surface area contributed by atoms with Crippen molar-refractivity contribution in [2.24, 2.45) is 11.8 Å². The van der Waals surface area contributed by atoms with Gasteiger partial charge in [0.25, 0.3) is 0 Å². The van der Waals surface area contributed by atoms with Gasteiger partial charge in [-0.2, -0.15) is 0 Å². The minimum Gasteiger partial charge on any atom is -0.326 e. The highest BCUT2D eigenvalue weighted by atomic mass is 16.2. The third kappa shape index (κ3) is 3.94. The molecule has 3 amide bonds. The van der Waals surface area contributed by atoms with E-state index in [-0.39, 0.29) is 42.5 Å². The lowest BCUT2D eigenvalue weighted by Crippen LogP contribution is -2.34. The molecule has 32 heavy (non-hydrogen) atoms. The number of hydrogen-bond acceptors (Lipinski definition) is 5. The van der Waals surface area contributed by atoms with Crippen molar-refractivity contribution in [3.8, 4) is 11.4 Å². The number of nitrogens with zero attached hydrogens (tertiary/aromatic N) is 4. The van der Waals surface area contributed by atoms with Crippen molar-refractivity contribution < 1.29 is 14.4 Å². The van der Waals surface area contributed by atoms with Crippen LogP contribution in [0.5, 0.6) is 0 Å². The van der Waals surface area contributed by atoms with Crippen molar-refractivity contribution in [3.63, 3.8) is 0 Å². The van der Waals surface area contributed by atoms with Gasteiger partial charge in [0.15, 0.2) is 5.82 Å². The van der Waals surface area contributed by atoms with Crippen LogP contribution >= 0.6 is 0 Å². The van der Waals surface area contributed by atoms with Crippen LogP contribution in [0.2, 0.25) is 0 Å². The Morgan fingerprint density at radius 1 is 0.938 bits per heavy atom. The monoisotopic (exact) mass is 435 g/mol. The molecule has 5 rings (SSSR count). The summed E-state index contributed by atoms with van der Waals surface area (Å²) in [5, 5.41) is 11.6. The van der Waals surface area contributed by atoms with E-state index >= 15 is 0 Å². The number of aryl methyl sites for hydroxylation is 1. The molecular formula is C24H29N5O3. The zero-order valence-electron chi connectivity index (χ0n) is 18.3. The number of benzene rings is 1. The minimum absolute atomic E-state index is 0.0932. The van der Waals surface area contributed by atoms with E-state index in [1.807, 2.05) is 24.3 Å². The van der Waals surface area contributed by atoms with Crippen molar-refractivity contribution >= 4 is 23.4 Å². The van der Waals surface area contributed by atoms with Gasteiger partial charge in [-0.05, 0) is 49.9 Å². The number of rotatable bonds is 5. The van der Waals surface area contributed by atoms with Gasteiger partial charge >= 0.3 is 0 Å². The van der Waals surface area contributed by atoms with Gasteiger partial charge in [0, 0.05) is 37.2 Å². The van der Waals surface area contributed by atoms with Crippen LogP contribution < -0.4 is 5.32 Å². The number of aromatic nitrogens is 3. The Morgan fingerprint density at radius 2 is 1.66 bits per heavy atom. The van der Waals surface area contributed by atoms with Crippen LogP contribution in [0, 0.1) is 11.8 Å². The number of nitrogens with one attached hydrogen (secondary N) is 1. The topological polar surface area (TPSA) is 97.2 Å². The van der Waals surface area contributed by atoms with Crippen LogP contribution in [0.4, 0.5) is 5.69 Å². The van der Waals surface area contributed by atoms with Crippen LogP contribution in [0.15, 0.2) is 24.3 Å². The standard InChI is InChI=1S/C24H29N5O3/c30-21(13-15-29-23(31)18-6-3-4-7-19(18)24(29)32)25-17-11-9-16(10-12-17)22-27-26-20-8-2-1-5-14-28(20)22/h9-12,18-19H,1-8,13-15H2,(H,25,30)/t18-,19+. The van der Waals surface area contributed by atoms with Crippen LogP contribution in [-0.2, 0) is 27.3 Å². The number of fused-ring (bicyclic) bond motifs is 2. The van der Waals surface area contributed by atoms with Crippen LogP contribution in [-0.4, -0.2) is 43.9 Å². The van der Waals surface area contributed by atoms with Gasteiger partial charge in [0.05, 0.1) is 11.8 Å². The summed E-state index contributed by atoms with van der Waals surface area (Å²) in [6.07, 6.45) is 8.16. The van der Waals surface area contributed by atoms with E-state index < -0.39 is 0 Å². The predicted octanol–water partition coefficient (Wildman–Crippen LogP) is 3.18. The smallest absolute Gasteiger partial charge is 0.233 e. The Bertz CT molecular complexity index is 1000. The van der Waals surface area contributed by atoms with Crippen molar-refractivity contribution in [2.75, 3.05) is 11.9 Å². The fraction of sp³-hybridized carbons (Fsp3) is 0.542. The first kappa shape index (κ1) is 20.8. The van der Waals surface area contributed by atoms with Crippen molar-refractivity contribution in [1.82, 2.24) is 19.7 Å². The summed E-state index contributed by atoms with van der Waals surface area (Å²) >= 11 is 0. The van der Waals surface area contributed by atoms with Crippen molar-refractivity contribution in [2.45, 2.75) is 64.3 Å². The molecular weight excluding hydrogens is 406 g/mol. The fourth-order valence-corrected chi connectivity index (χ4v) is 5.29. The van der Waals surface area contributed by atoms with Gasteiger partial charge in [-0.1, -0.05) is 19.3 Å². The van der Waals surface area contributed by atoms with Crippen LogP contribution in [0.3, 0.4) is 0 Å². The molecule has 2 aromatic rings. The molecule has 2 fully saturated rings. The zero-order chi connectivity index (χ0) is 22.1. The van der Waals surface area contributed by atoms with Crippen LogP contribution in [0.25, 0.3) is 11.4 Å². The first-order chi connectivity index (χ1) is 15.6. The largest absolute Gasteiger partial charge is 0.326 e. The Kier molecular flexibility index (Phi) is 5.76. The first-order valence-electron chi connectivity index (χ1n) is 11.8.